The molecule has 0 saturated carbocycles. The smallest absolute Gasteiger partial charge is 0.338 e. The Morgan fingerprint density at radius 3 is 0.959 bits per heavy atom. The van der Waals surface area contributed by atoms with Gasteiger partial charge in [-0.3, -0.25) is 12.7 Å². The zero-order valence-corrected chi connectivity index (χ0v) is 54.3. The molecule has 0 amide bonds. The molecule has 12 atom stereocenters. The molecule has 0 radical (unpaired) electrons. The van der Waals surface area contributed by atoms with Crippen LogP contribution in [-0.2, 0) is 64.8 Å². The van der Waals surface area contributed by atoms with Crippen molar-refractivity contribution in [2.75, 3.05) is 19.8 Å². The predicted octanol–water partition coefficient (Wildman–Crippen LogP) is 7.95. The summed E-state index contributed by atoms with van der Waals surface area (Å²) in [6, 6.07) is 52.3. The number of halogens is 1. The van der Waals surface area contributed by atoms with Gasteiger partial charge in [-0.1, -0.05) is 127 Å². The maximum absolute atomic E-state index is 14.3. The van der Waals surface area contributed by atoms with Gasteiger partial charge in [0, 0.05) is 33.1 Å². The molecule has 0 bridgehead atoms. The van der Waals surface area contributed by atoms with Crippen LogP contribution in [0, 0.1) is 0 Å². The second kappa shape index (κ2) is 38.7. The Hall–Kier alpha value is -9.78. The van der Waals surface area contributed by atoms with Crippen molar-refractivity contribution in [1.82, 2.24) is 0 Å². The normalized spacial score (nSPS) is 14.8. The lowest BCUT2D eigenvalue weighted by molar-refractivity contribution is -0.271. The fourth-order valence-corrected chi connectivity index (χ4v) is 9.79. The minimum atomic E-state index is -2.70. The van der Waals surface area contributed by atoms with Crippen molar-refractivity contribution in [3.8, 4) is 0 Å². The third-order valence-electron chi connectivity index (χ3n) is 14.2. The molecule has 0 aromatic heterocycles. The first kappa shape index (κ1) is 74.6. The number of aliphatic hydroxyl groups is 4. The van der Waals surface area contributed by atoms with E-state index in [0.717, 1.165) is 13.8 Å². The summed E-state index contributed by atoms with van der Waals surface area (Å²) in [4.78, 5) is 123. The number of aliphatic hydroxyl groups excluding tert-OH is 4. The quantitative estimate of drug-likeness (QED) is 0.0125. The SMILES string of the molecule is CC(=O)OC(CCOC(O)C(OC(=O)c1ccccc1)C(OC(=O)c1ccccc1)C(CCOC(=O)c1ccccc1)OC(=O)c1ccccc1)C(OC(O)C(OC(=O)c1ccccc1)C(O)C(CCOC(=O)c1ccccc1)OC(=O)c1ccccc1)C(OC(C)=O)C(O)OI. The van der Waals surface area contributed by atoms with Crippen molar-refractivity contribution in [2.45, 2.75) is 107 Å². The van der Waals surface area contributed by atoms with E-state index in [1.807, 2.05) is 0 Å². The predicted molar refractivity (Wildman–Crippen MR) is 347 cm³/mol. The number of carbonyl (C=O) groups is 9. The van der Waals surface area contributed by atoms with Crippen LogP contribution in [0.25, 0.3) is 0 Å². The van der Waals surface area contributed by atoms with Crippen LogP contribution in [0.15, 0.2) is 212 Å². The number of hydrogen-bond acceptors (Lipinski definition) is 25. The first-order valence-electron chi connectivity index (χ1n) is 30.2. The number of rotatable bonds is 36. The molecule has 25 nitrogen and oxygen atoms in total. The van der Waals surface area contributed by atoms with Gasteiger partial charge < -0.3 is 72.5 Å². The average molecular weight is 1450 g/mol. The molecular weight excluding hydrogens is 1380 g/mol. The van der Waals surface area contributed by atoms with E-state index in [1.165, 1.54) is 169 Å². The van der Waals surface area contributed by atoms with Crippen LogP contribution >= 0.6 is 23.0 Å². The molecule has 26 heteroatoms. The van der Waals surface area contributed by atoms with E-state index in [9.17, 15) is 63.6 Å². The topological polar surface area (TPSA) is 345 Å². The Labute approximate surface area is 570 Å². The molecule has 0 aliphatic rings. The van der Waals surface area contributed by atoms with Gasteiger partial charge in [-0.15, -0.1) is 0 Å². The zero-order valence-electron chi connectivity index (χ0n) is 52.1. The Bertz CT molecular complexity index is 3630. The van der Waals surface area contributed by atoms with Crippen LogP contribution in [0.2, 0.25) is 0 Å². The summed E-state index contributed by atoms with van der Waals surface area (Å²) < 4.78 is 69.2. The lowest BCUT2D eigenvalue weighted by atomic mass is 10.0. The van der Waals surface area contributed by atoms with Gasteiger partial charge in [-0.2, -0.15) is 0 Å². The summed E-state index contributed by atoms with van der Waals surface area (Å²) >= 11 is 1.24. The highest BCUT2D eigenvalue weighted by Gasteiger charge is 2.48. The summed E-state index contributed by atoms with van der Waals surface area (Å²) in [6.45, 7) is -0.154. The average Bonchev–Trinajstić information content (AvgIpc) is 0.935. The number of esters is 9. The van der Waals surface area contributed by atoms with Crippen molar-refractivity contribution in [3.63, 3.8) is 0 Å². The number of ether oxygens (including phenoxy) is 11. The molecule has 4 N–H and O–H groups in total. The van der Waals surface area contributed by atoms with E-state index < -0.39 is 167 Å². The maximum Gasteiger partial charge on any atom is 0.338 e. The highest BCUT2D eigenvalue weighted by Crippen LogP contribution is 2.29. The molecule has 12 unspecified atom stereocenters. The highest BCUT2D eigenvalue weighted by molar-refractivity contribution is 14.1. The van der Waals surface area contributed by atoms with Crippen molar-refractivity contribution in [3.05, 3.63) is 251 Å². The molecule has 7 rings (SSSR count). The second-order valence-corrected chi connectivity index (χ2v) is 21.7. The lowest BCUT2D eigenvalue weighted by Gasteiger charge is -2.38. The molecule has 97 heavy (non-hydrogen) atoms. The zero-order chi connectivity index (χ0) is 69.6. The third kappa shape index (κ3) is 23.2. The van der Waals surface area contributed by atoms with Crippen LogP contribution in [0.4, 0.5) is 0 Å². The van der Waals surface area contributed by atoms with Crippen molar-refractivity contribution < 1.29 is 119 Å². The van der Waals surface area contributed by atoms with Gasteiger partial charge in [0.25, 0.3) is 0 Å². The van der Waals surface area contributed by atoms with Gasteiger partial charge >= 0.3 is 53.7 Å². The molecule has 0 aliphatic heterocycles. The minimum Gasteiger partial charge on any atom is -0.462 e. The van der Waals surface area contributed by atoms with Crippen molar-refractivity contribution >= 4 is 76.7 Å². The summed E-state index contributed by atoms with van der Waals surface area (Å²) in [5.74, 6) is -9.38. The number of benzene rings is 7. The lowest BCUT2D eigenvalue weighted by Crippen LogP contribution is -2.56. The first-order valence-corrected chi connectivity index (χ1v) is 31.1. The molecule has 0 aliphatic carbocycles. The molecule has 510 valence electrons. The van der Waals surface area contributed by atoms with E-state index in [4.69, 9.17) is 55.2 Å². The summed E-state index contributed by atoms with van der Waals surface area (Å²) in [5.41, 5.74) is -0.0756. The number of hydrogen-bond donors (Lipinski definition) is 4. The van der Waals surface area contributed by atoms with Gasteiger partial charge in [0.1, 0.15) is 53.5 Å². The summed E-state index contributed by atoms with van der Waals surface area (Å²) in [5, 5.41) is 48.7. The monoisotopic (exact) mass is 1450 g/mol. The van der Waals surface area contributed by atoms with E-state index in [1.54, 1.807) is 66.7 Å². The van der Waals surface area contributed by atoms with Gasteiger partial charge in [-0.05, 0) is 84.9 Å². The van der Waals surface area contributed by atoms with E-state index in [2.05, 4.69) is 0 Å². The summed E-state index contributed by atoms with van der Waals surface area (Å²) in [7, 11) is 0. The van der Waals surface area contributed by atoms with Crippen LogP contribution in [0.5, 0.6) is 0 Å². The molecule has 0 saturated heterocycles. The van der Waals surface area contributed by atoms with Crippen LogP contribution < -0.4 is 0 Å². The molecular formula is C71H69IO25. The Kier molecular flexibility index (Phi) is 29.8. The molecule has 0 heterocycles. The van der Waals surface area contributed by atoms with Crippen LogP contribution in [0.1, 0.15) is 106 Å². The fourth-order valence-electron chi connectivity index (χ4n) is 9.50. The Morgan fingerprint density at radius 1 is 0.309 bits per heavy atom. The van der Waals surface area contributed by atoms with Gasteiger partial charge in [0.15, 0.2) is 37.0 Å². The minimum absolute atomic E-state index is 0.0107. The van der Waals surface area contributed by atoms with E-state index >= 15 is 0 Å². The van der Waals surface area contributed by atoms with Gasteiger partial charge in [0.05, 0.1) is 58.8 Å². The molecule has 7 aromatic rings. The molecule has 0 spiro atoms. The first-order chi connectivity index (χ1) is 46.8. The van der Waals surface area contributed by atoms with E-state index in [0.29, 0.717) is 0 Å². The van der Waals surface area contributed by atoms with E-state index in [-0.39, 0.29) is 38.9 Å². The molecule has 7 aromatic carbocycles. The molecule has 0 fully saturated rings. The largest absolute Gasteiger partial charge is 0.462 e. The Morgan fingerprint density at radius 2 is 0.598 bits per heavy atom. The van der Waals surface area contributed by atoms with Crippen LogP contribution in [-0.4, -0.2) is 168 Å². The van der Waals surface area contributed by atoms with Crippen LogP contribution in [0.3, 0.4) is 0 Å². The number of carbonyl (C=O) groups excluding carboxylic acids is 9. The second-order valence-electron chi connectivity index (χ2n) is 21.1. The maximum atomic E-state index is 14.3. The third-order valence-corrected chi connectivity index (χ3v) is 14.7. The summed E-state index contributed by atoms with van der Waals surface area (Å²) in [6.07, 6.45) is -28.2. The Balaban J connectivity index is 1.27. The standard InChI is InChI=1S/C71H69IO25/c1-44(73)89-54(57(61(71(85)97-72)90-45(2)74)94-70(84)59(95-67(81)51-34-20-8-21-35-51)56(75)53(91-64(78)48-28-14-5-15-29-48)38-41-86-62(76)46-24-10-3-11-25-46)39-43-88-69(83)60(96-68(82)52-36-22-9-23-37-52)58(93-66(80)50-32-18-7-19-33-50)55(92-65(79)49-30-16-6-17-31-49)40-42-87-63(77)47-26-12-4-13-27-47/h3-37,53-61,69-71,75,83-85H,38-43H2,1-2H3. The van der Waals surface area contributed by atoms with Gasteiger partial charge in [-0.25, -0.2) is 33.6 Å². The van der Waals surface area contributed by atoms with Crippen molar-refractivity contribution in [1.29, 1.82) is 0 Å². The van der Waals surface area contributed by atoms with Crippen molar-refractivity contribution in [2.24, 2.45) is 0 Å². The fraction of sp³-hybridized carbons (Fsp3) is 0.282. The van der Waals surface area contributed by atoms with Gasteiger partial charge in [0.2, 0.25) is 6.29 Å². The highest BCUT2D eigenvalue weighted by atomic mass is 127.